The standard InChI is InChI=1S/C29H25F6N3O4/c1-26(2,3)42-25(40)36-19-12-8-17(9-13-19)16-23-37-22-7-5-4-6-21(22)24(39)38(23)20-14-10-18(11-15-20)27(41,28(30,31)32)29(33,34)35/h4-15,41H,16H2,1-3H3,(H,36,40). The molecule has 4 aromatic rings. The first-order valence-corrected chi connectivity index (χ1v) is 12.5. The molecule has 0 unspecified atom stereocenters. The van der Waals surface area contributed by atoms with Gasteiger partial charge in [-0.3, -0.25) is 14.7 Å². The molecule has 3 aromatic carbocycles. The van der Waals surface area contributed by atoms with Gasteiger partial charge in [-0.2, -0.15) is 26.3 Å². The number of rotatable bonds is 5. The number of nitrogens with one attached hydrogen (secondary N) is 1. The van der Waals surface area contributed by atoms with E-state index in [1.54, 1.807) is 63.2 Å². The predicted octanol–water partition coefficient (Wildman–Crippen LogP) is 6.64. The molecule has 1 amide bonds. The summed E-state index contributed by atoms with van der Waals surface area (Å²) >= 11 is 0. The van der Waals surface area contributed by atoms with Gasteiger partial charge in [-0.1, -0.05) is 36.4 Å². The lowest BCUT2D eigenvalue weighted by Crippen LogP contribution is -2.53. The minimum Gasteiger partial charge on any atom is -0.444 e. The normalized spacial score (nSPS) is 12.8. The summed E-state index contributed by atoms with van der Waals surface area (Å²) in [6, 6.07) is 15.5. The van der Waals surface area contributed by atoms with Crippen LogP contribution in [0.1, 0.15) is 37.7 Å². The first-order valence-electron chi connectivity index (χ1n) is 12.5. The first kappa shape index (κ1) is 30.6. The number of alkyl halides is 6. The number of halogens is 6. The number of hydrogen-bond acceptors (Lipinski definition) is 5. The molecule has 42 heavy (non-hydrogen) atoms. The van der Waals surface area contributed by atoms with Crippen molar-refractivity contribution in [2.24, 2.45) is 0 Å². The smallest absolute Gasteiger partial charge is 0.430 e. The fourth-order valence-corrected chi connectivity index (χ4v) is 4.21. The van der Waals surface area contributed by atoms with Gasteiger partial charge in [0.05, 0.1) is 16.6 Å². The number of carbonyl (C=O) groups excluding carboxylic acids is 1. The van der Waals surface area contributed by atoms with Crippen molar-refractivity contribution in [1.29, 1.82) is 0 Å². The topological polar surface area (TPSA) is 93.5 Å². The number of benzene rings is 3. The van der Waals surface area contributed by atoms with E-state index in [0.717, 1.165) is 16.7 Å². The third-order valence-corrected chi connectivity index (χ3v) is 6.17. The Labute approximate surface area is 235 Å². The van der Waals surface area contributed by atoms with Gasteiger partial charge in [0.15, 0.2) is 0 Å². The fourth-order valence-electron chi connectivity index (χ4n) is 4.21. The number of ether oxygens (including phenoxy) is 1. The van der Waals surface area contributed by atoms with Crippen molar-refractivity contribution in [3.05, 3.63) is 100 Å². The highest BCUT2D eigenvalue weighted by Crippen LogP contribution is 2.50. The molecule has 0 saturated carbocycles. The van der Waals surface area contributed by atoms with Gasteiger partial charge in [0.2, 0.25) is 0 Å². The average Bonchev–Trinajstić information content (AvgIpc) is 2.87. The van der Waals surface area contributed by atoms with E-state index >= 15 is 0 Å². The van der Waals surface area contributed by atoms with Crippen molar-refractivity contribution in [1.82, 2.24) is 9.55 Å². The van der Waals surface area contributed by atoms with Crippen LogP contribution in [0, 0.1) is 0 Å². The minimum absolute atomic E-state index is 0.0313. The summed E-state index contributed by atoms with van der Waals surface area (Å²) in [5.74, 6) is 0.140. The highest BCUT2D eigenvalue weighted by molar-refractivity contribution is 5.84. The van der Waals surface area contributed by atoms with Crippen molar-refractivity contribution in [2.45, 2.75) is 50.7 Å². The SMILES string of the molecule is CC(C)(C)OC(=O)Nc1ccc(Cc2nc3ccccc3c(=O)n2-c2ccc(C(O)(C(F)(F)F)C(F)(F)F)cc2)cc1. The van der Waals surface area contributed by atoms with Crippen LogP contribution in [0.15, 0.2) is 77.6 Å². The first-order chi connectivity index (χ1) is 19.4. The maximum absolute atomic E-state index is 13.5. The van der Waals surface area contributed by atoms with E-state index in [1.165, 1.54) is 6.07 Å². The van der Waals surface area contributed by atoms with Crippen LogP contribution < -0.4 is 10.9 Å². The number of para-hydroxylation sites is 1. The number of nitrogens with zero attached hydrogens (tertiary/aromatic N) is 2. The van der Waals surface area contributed by atoms with Crippen LogP contribution in [-0.4, -0.2) is 38.7 Å². The van der Waals surface area contributed by atoms with Crippen LogP contribution in [0.3, 0.4) is 0 Å². The van der Waals surface area contributed by atoms with Gasteiger partial charge in [0.1, 0.15) is 11.4 Å². The Balaban J connectivity index is 1.74. The number of anilines is 1. The van der Waals surface area contributed by atoms with Gasteiger partial charge in [-0.25, -0.2) is 9.78 Å². The maximum atomic E-state index is 13.5. The summed E-state index contributed by atoms with van der Waals surface area (Å²) in [5.41, 5.74) is -6.55. The number of carbonyl (C=O) groups is 1. The second-order valence-electron chi connectivity index (χ2n) is 10.4. The van der Waals surface area contributed by atoms with Crippen LogP contribution in [0.5, 0.6) is 0 Å². The second-order valence-corrected chi connectivity index (χ2v) is 10.4. The van der Waals surface area contributed by atoms with Gasteiger partial charge in [-0.05, 0) is 62.7 Å². The molecule has 1 aromatic heterocycles. The van der Waals surface area contributed by atoms with Crippen molar-refractivity contribution >= 4 is 22.7 Å². The fraction of sp³-hybridized carbons (Fsp3) is 0.276. The van der Waals surface area contributed by atoms with Crippen molar-refractivity contribution in [3.63, 3.8) is 0 Å². The number of fused-ring (bicyclic) bond motifs is 1. The van der Waals surface area contributed by atoms with E-state index < -0.39 is 40.8 Å². The molecule has 222 valence electrons. The molecule has 4 rings (SSSR count). The molecule has 0 aliphatic carbocycles. The molecule has 0 spiro atoms. The summed E-state index contributed by atoms with van der Waals surface area (Å²) in [6.45, 7) is 5.14. The number of aliphatic hydroxyl groups is 1. The van der Waals surface area contributed by atoms with Crippen molar-refractivity contribution in [2.75, 3.05) is 5.32 Å². The summed E-state index contributed by atoms with van der Waals surface area (Å²) in [7, 11) is 0. The third kappa shape index (κ3) is 6.10. The zero-order valence-electron chi connectivity index (χ0n) is 22.5. The Morgan fingerprint density at radius 3 is 2.00 bits per heavy atom. The Kier molecular flexibility index (Phi) is 7.85. The van der Waals surface area contributed by atoms with Gasteiger partial charge < -0.3 is 9.84 Å². The maximum Gasteiger partial charge on any atom is 0.430 e. The van der Waals surface area contributed by atoms with Crippen LogP contribution in [-0.2, 0) is 16.8 Å². The van der Waals surface area contributed by atoms with E-state index in [4.69, 9.17) is 4.74 Å². The van der Waals surface area contributed by atoms with Gasteiger partial charge in [-0.15, -0.1) is 0 Å². The summed E-state index contributed by atoms with van der Waals surface area (Å²) in [4.78, 5) is 30.1. The molecule has 0 aliphatic heterocycles. The predicted molar refractivity (Wildman–Crippen MR) is 142 cm³/mol. The molecule has 7 nitrogen and oxygen atoms in total. The summed E-state index contributed by atoms with van der Waals surface area (Å²) < 4.78 is 86.5. The molecule has 0 fully saturated rings. The van der Waals surface area contributed by atoms with Crippen LogP contribution in [0.4, 0.5) is 36.8 Å². The van der Waals surface area contributed by atoms with Gasteiger partial charge in [0.25, 0.3) is 11.2 Å². The van der Waals surface area contributed by atoms with Crippen LogP contribution in [0.2, 0.25) is 0 Å². The highest BCUT2D eigenvalue weighted by Gasteiger charge is 2.71. The second kappa shape index (κ2) is 10.8. The Bertz CT molecular complexity index is 1640. The number of amides is 1. The van der Waals surface area contributed by atoms with Gasteiger partial charge >= 0.3 is 18.4 Å². The van der Waals surface area contributed by atoms with E-state index in [-0.39, 0.29) is 23.3 Å². The minimum atomic E-state index is -6.05. The largest absolute Gasteiger partial charge is 0.444 e. The molecule has 0 atom stereocenters. The lowest BCUT2D eigenvalue weighted by Gasteiger charge is -2.32. The lowest BCUT2D eigenvalue weighted by atomic mass is 9.92. The lowest BCUT2D eigenvalue weighted by molar-refractivity contribution is -0.376. The highest BCUT2D eigenvalue weighted by atomic mass is 19.4. The van der Waals surface area contributed by atoms with E-state index in [0.29, 0.717) is 28.9 Å². The molecule has 0 saturated heterocycles. The molecule has 2 N–H and O–H groups in total. The molecule has 13 heteroatoms. The molecule has 1 heterocycles. The van der Waals surface area contributed by atoms with Crippen LogP contribution >= 0.6 is 0 Å². The molecular weight excluding hydrogens is 568 g/mol. The average molecular weight is 594 g/mol. The monoisotopic (exact) mass is 593 g/mol. The van der Waals surface area contributed by atoms with E-state index in [9.17, 15) is 41.0 Å². The molecule has 0 bridgehead atoms. The Hall–Kier alpha value is -4.39. The van der Waals surface area contributed by atoms with Crippen molar-refractivity contribution < 1.29 is 41.0 Å². The molecule has 0 radical (unpaired) electrons. The quantitative estimate of drug-likeness (QED) is 0.253. The zero-order chi connectivity index (χ0) is 31.1. The Morgan fingerprint density at radius 1 is 0.881 bits per heavy atom. The van der Waals surface area contributed by atoms with Crippen LogP contribution in [0.25, 0.3) is 16.6 Å². The molecular formula is C29H25F6N3O4. The van der Waals surface area contributed by atoms with Crippen molar-refractivity contribution in [3.8, 4) is 5.69 Å². The number of aromatic nitrogens is 2. The summed E-state index contributed by atoms with van der Waals surface area (Å²) in [5, 5.41) is 12.5. The van der Waals surface area contributed by atoms with E-state index in [1.807, 2.05) is 0 Å². The molecule has 0 aliphatic rings. The summed E-state index contributed by atoms with van der Waals surface area (Å²) in [6.07, 6.45) is -12.7. The van der Waals surface area contributed by atoms with E-state index in [2.05, 4.69) is 10.3 Å². The third-order valence-electron chi connectivity index (χ3n) is 6.17. The van der Waals surface area contributed by atoms with Gasteiger partial charge in [0, 0.05) is 17.7 Å². The number of hydrogen-bond donors (Lipinski definition) is 2. The Morgan fingerprint density at radius 2 is 1.45 bits per heavy atom. The zero-order valence-corrected chi connectivity index (χ0v) is 22.5.